The molecule has 3 amide bonds. The molecule has 8 heteroatoms. The van der Waals surface area contributed by atoms with Crippen molar-refractivity contribution < 1.29 is 24.2 Å². The Balaban J connectivity index is 1.40. The van der Waals surface area contributed by atoms with Crippen LogP contribution in [0.25, 0.3) is 0 Å². The minimum absolute atomic E-state index is 0.0507. The van der Waals surface area contributed by atoms with E-state index in [2.05, 4.69) is 0 Å². The zero-order valence-corrected chi connectivity index (χ0v) is 24.8. The number of hydrogen-bond acceptors (Lipinski definition) is 5. The Morgan fingerprint density at radius 2 is 1.64 bits per heavy atom. The fraction of sp³-hybridized carbons (Fsp3) is 0.618. The van der Waals surface area contributed by atoms with Crippen molar-refractivity contribution in [1.29, 1.82) is 0 Å². The molecule has 2 saturated heterocycles. The zero-order chi connectivity index (χ0) is 29.3. The Morgan fingerprint density at radius 3 is 2.38 bits per heavy atom. The summed E-state index contributed by atoms with van der Waals surface area (Å²) in [5.41, 5.74) is -1.13. The highest BCUT2D eigenvalue weighted by Gasteiger charge is 2.75. The summed E-state index contributed by atoms with van der Waals surface area (Å²) in [7, 11) is 0. The van der Waals surface area contributed by atoms with Gasteiger partial charge in [-0.2, -0.15) is 0 Å². The van der Waals surface area contributed by atoms with Crippen molar-refractivity contribution in [2.24, 2.45) is 11.8 Å². The molecule has 1 unspecified atom stereocenters. The molecule has 0 bridgehead atoms. The number of rotatable bonds is 9. The van der Waals surface area contributed by atoms with E-state index < -0.39 is 29.1 Å². The van der Waals surface area contributed by atoms with Crippen molar-refractivity contribution in [3.05, 3.63) is 60.2 Å². The quantitative estimate of drug-likeness (QED) is 0.357. The van der Waals surface area contributed by atoms with Crippen molar-refractivity contribution in [1.82, 2.24) is 14.7 Å². The highest BCUT2D eigenvalue weighted by Crippen LogP contribution is 2.58. The summed E-state index contributed by atoms with van der Waals surface area (Å²) < 4.78 is 7.11. The van der Waals surface area contributed by atoms with E-state index in [1.165, 1.54) is 6.42 Å². The van der Waals surface area contributed by atoms with E-state index in [0.29, 0.717) is 45.4 Å². The molecule has 1 spiro atoms. The summed E-state index contributed by atoms with van der Waals surface area (Å²) in [6.45, 7) is 3.92. The molecule has 1 saturated carbocycles. The topological polar surface area (TPSA) is 90.4 Å². The van der Waals surface area contributed by atoms with Crippen molar-refractivity contribution >= 4 is 17.7 Å². The van der Waals surface area contributed by atoms with Crippen LogP contribution in [0.15, 0.2) is 54.6 Å². The van der Waals surface area contributed by atoms with Crippen LogP contribution in [0.3, 0.4) is 0 Å². The first-order valence-corrected chi connectivity index (χ1v) is 16.1. The van der Waals surface area contributed by atoms with Crippen LogP contribution in [-0.2, 0) is 25.7 Å². The molecular formula is C34H45N3O5. The molecule has 1 aliphatic carbocycles. The summed E-state index contributed by atoms with van der Waals surface area (Å²) >= 11 is 0. The smallest absolute Gasteiger partial charge is 0.249 e. The fourth-order valence-electron chi connectivity index (χ4n) is 8.31. The number of aliphatic hydroxyl groups excluding tert-OH is 1. The molecule has 4 heterocycles. The van der Waals surface area contributed by atoms with E-state index in [0.717, 1.165) is 37.7 Å². The van der Waals surface area contributed by atoms with Gasteiger partial charge in [-0.3, -0.25) is 14.4 Å². The molecule has 4 aliphatic heterocycles. The normalized spacial score (nSPS) is 33.0. The van der Waals surface area contributed by atoms with E-state index in [1.807, 2.05) is 71.4 Å². The van der Waals surface area contributed by atoms with Gasteiger partial charge in [0, 0.05) is 38.8 Å². The first kappa shape index (κ1) is 29.1. The van der Waals surface area contributed by atoms with Gasteiger partial charge in [0.1, 0.15) is 11.6 Å². The van der Waals surface area contributed by atoms with Gasteiger partial charge in [0.2, 0.25) is 17.7 Å². The molecule has 6 rings (SSSR count). The third-order valence-electron chi connectivity index (χ3n) is 10.3. The third-order valence-corrected chi connectivity index (χ3v) is 10.3. The standard InChI is InChI=1S/C34H45N3O5/c1-2-33-18-12-20-35(24-25-14-6-3-7-15-25)30(39)27(33)28-31(40)37(21-10-5-11-23-38)29-32(41)36(26-16-8-4-9-17-26)22-13-19-34(28,29)42-33/h3,6-7,12-15,18-19,26-29,38H,2,4-5,8-11,16-17,20-24H2,1H3/t27-,28+,29?,33+,34+/m1/s1. The van der Waals surface area contributed by atoms with Crippen molar-refractivity contribution in [2.45, 2.75) is 94.5 Å². The molecule has 5 aliphatic rings. The van der Waals surface area contributed by atoms with Crippen molar-refractivity contribution in [3.63, 3.8) is 0 Å². The van der Waals surface area contributed by atoms with E-state index in [9.17, 15) is 19.5 Å². The molecule has 3 fully saturated rings. The van der Waals surface area contributed by atoms with Gasteiger partial charge in [-0.1, -0.05) is 80.8 Å². The fourth-order valence-corrected chi connectivity index (χ4v) is 8.31. The van der Waals surface area contributed by atoms with E-state index in [1.54, 1.807) is 4.90 Å². The maximum Gasteiger partial charge on any atom is 0.249 e. The number of amides is 3. The van der Waals surface area contributed by atoms with Crippen LogP contribution in [0.5, 0.6) is 0 Å². The van der Waals surface area contributed by atoms with Crippen LogP contribution in [0.2, 0.25) is 0 Å². The Bertz CT molecular complexity index is 1230. The number of aliphatic hydroxyl groups is 1. The molecule has 1 aromatic rings. The SMILES string of the molecule is CC[C@]12C=CCN(Cc3ccccc3)C(=O)[C@H]1[C@H]1C(=O)N(CCCCCO)C3C(=O)N(C4CCCCC4)CC=C[C@@]31O2. The van der Waals surface area contributed by atoms with E-state index in [-0.39, 0.29) is 30.4 Å². The second-order valence-corrected chi connectivity index (χ2v) is 12.7. The second kappa shape index (κ2) is 12.0. The summed E-state index contributed by atoms with van der Waals surface area (Å²) in [5, 5.41) is 9.34. The van der Waals surface area contributed by atoms with Gasteiger partial charge in [0.15, 0.2) is 0 Å². The number of benzene rings is 1. The van der Waals surface area contributed by atoms with E-state index >= 15 is 0 Å². The molecule has 5 atom stereocenters. The maximum absolute atomic E-state index is 14.6. The summed E-state index contributed by atoms with van der Waals surface area (Å²) in [4.78, 5) is 49.3. The van der Waals surface area contributed by atoms with Gasteiger partial charge in [0.25, 0.3) is 0 Å². The number of likely N-dealkylation sites (tertiary alicyclic amines) is 1. The lowest BCUT2D eigenvalue weighted by molar-refractivity contribution is -0.155. The number of unbranched alkanes of at least 4 members (excludes halogenated alkanes) is 2. The van der Waals surface area contributed by atoms with Gasteiger partial charge in [-0.05, 0) is 44.1 Å². The lowest BCUT2D eigenvalue weighted by atomic mass is 9.73. The van der Waals surface area contributed by atoms with Crippen molar-refractivity contribution in [2.75, 3.05) is 26.2 Å². The minimum atomic E-state index is -1.20. The van der Waals surface area contributed by atoms with Crippen LogP contribution in [0.4, 0.5) is 0 Å². The Morgan fingerprint density at radius 1 is 0.881 bits per heavy atom. The number of carbonyl (C=O) groups is 3. The lowest BCUT2D eigenvalue weighted by Gasteiger charge is -2.40. The number of ether oxygens (including phenoxy) is 1. The highest BCUT2D eigenvalue weighted by atomic mass is 16.5. The minimum Gasteiger partial charge on any atom is -0.396 e. The first-order chi connectivity index (χ1) is 20.5. The summed E-state index contributed by atoms with van der Waals surface area (Å²) in [6.07, 6.45) is 16.0. The maximum atomic E-state index is 14.6. The predicted octanol–water partition coefficient (Wildman–Crippen LogP) is 3.84. The Kier molecular flexibility index (Phi) is 8.29. The number of carbonyl (C=O) groups excluding carboxylic acids is 3. The van der Waals surface area contributed by atoms with Gasteiger partial charge in [-0.25, -0.2) is 0 Å². The third kappa shape index (κ3) is 4.80. The monoisotopic (exact) mass is 575 g/mol. The molecule has 226 valence electrons. The Labute approximate surface area is 249 Å². The molecule has 42 heavy (non-hydrogen) atoms. The second-order valence-electron chi connectivity index (χ2n) is 12.7. The predicted molar refractivity (Wildman–Crippen MR) is 159 cm³/mol. The van der Waals surface area contributed by atoms with Crippen molar-refractivity contribution in [3.8, 4) is 0 Å². The van der Waals surface area contributed by atoms with E-state index in [4.69, 9.17) is 4.74 Å². The number of nitrogens with zero attached hydrogens (tertiary/aromatic N) is 3. The summed E-state index contributed by atoms with van der Waals surface area (Å²) in [6, 6.07) is 9.28. The molecule has 0 aromatic heterocycles. The van der Waals surface area contributed by atoms with Gasteiger partial charge in [0.05, 0.1) is 17.4 Å². The molecular weight excluding hydrogens is 530 g/mol. The van der Waals surface area contributed by atoms with Crippen LogP contribution < -0.4 is 0 Å². The zero-order valence-electron chi connectivity index (χ0n) is 24.8. The van der Waals surface area contributed by atoms with Crippen LogP contribution in [-0.4, -0.2) is 87.1 Å². The van der Waals surface area contributed by atoms with Crippen LogP contribution in [0, 0.1) is 11.8 Å². The first-order valence-electron chi connectivity index (χ1n) is 16.1. The molecule has 8 nitrogen and oxygen atoms in total. The lowest BCUT2D eigenvalue weighted by Crippen LogP contribution is -2.57. The molecule has 1 aromatic carbocycles. The average Bonchev–Trinajstić information content (AvgIpc) is 3.30. The molecule has 0 radical (unpaired) electrons. The van der Waals surface area contributed by atoms with Crippen LogP contribution in [0.1, 0.15) is 70.3 Å². The van der Waals surface area contributed by atoms with Gasteiger partial charge in [-0.15, -0.1) is 0 Å². The largest absolute Gasteiger partial charge is 0.396 e. The van der Waals surface area contributed by atoms with Gasteiger partial charge >= 0.3 is 0 Å². The summed E-state index contributed by atoms with van der Waals surface area (Å²) in [5.74, 6) is -1.79. The van der Waals surface area contributed by atoms with Crippen LogP contribution >= 0.6 is 0 Å². The number of hydrogen-bond donors (Lipinski definition) is 1. The van der Waals surface area contributed by atoms with Gasteiger partial charge < -0.3 is 24.5 Å². The average molecular weight is 576 g/mol. The highest BCUT2D eigenvalue weighted by molar-refractivity contribution is 6.00. The molecule has 1 N–H and O–H groups in total. The Hall–Kier alpha value is -2.97. The number of fused-ring (bicyclic) bond motifs is 2.